The van der Waals surface area contributed by atoms with Crippen molar-refractivity contribution in [2.24, 2.45) is 5.41 Å². The van der Waals surface area contributed by atoms with Crippen LogP contribution in [0, 0.1) is 5.41 Å². The van der Waals surface area contributed by atoms with Crippen molar-refractivity contribution in [3.63, 3.8) is 0 Å². The lowest BCUT2D eigenvalue weighted by Gasteiger charge is -2.36. The van der Waals surface area contributed by atoms with Gasteiger partial charge in [-0.2, -0.15) is 0 Å². The lowest BCUT2D eigenvalue weighted by atomic mass is 9.77. The Morgan fingerprint density at radius 3 is 1.20 bits per heavy atom. The van der Waals surface area contributed by atoms with Gasteiger partial charge in [0.25, 0.3) is 0 Å². The van der Waals surface area contributed by atoms with E-state index in [0.717, 1.165) is 35.3 Å². The fourth-order valence-corrected chi connectivity index (χ4v) is 8.98. The third-order valence-electron chi connectivity index (χ3n) is 11.9. The average Bonchev–Trinajstić information content (AvgIpc) is 3.22. The van der Waals surface area contributed by atoms with E-state index in [2.05, 4.69) is 72.7 Å². The second-order valence-electron chi connectivity index (χ2n) is 18.2. The number of sulfone groups is 1. The lowest BCUT2D eigenvalue weighted by molar-refractivity contribution is -0.143. The first kappa shape index (κ1) is 45.2. The van der Waals surface area contributed by atoms with Crippen molar-refractivity contribution in [3.05, 3.63) is 144 Å². The molecule has 7 heteroatoms. The summed E-state index contributed by atoms with van der Waals surface area (Å²) in [7, 11) is -3.77. The molecule has 5 aromatic rings. The summed E-state index contributed by atoms with van der Waals surface area (Å²) < 4.78 is 46.7. The average molecular weight is 817 g/mol. The molecule has 5 aromatic carbocycles. The molecule has 0 amide bonds. The SMILES string of the molecule is CCC(CC)(Oc1ccc(C(C)(C)c2ccc(Oc3ccc(S(=O)(=O)c4ccc(C(CC)(CC)Oc5ccc(C(C)(C)C)cc5)cc4)cc3)cc2)cc1)C(=O)C(C)(C)C. The number of carbonyl (C=O) groups excluding carboxylic acids is 1. The minimum Gasteiger partial charge on any atom is -0.483 e. The Morgan fingerprint density at radius 2 is 0.814 bits per heavy atom. The summed E-state index contributed by atoms with van der Waals surface area (Å²) in [4.78, 5) is 13.8. The molecule has 0 saturated carbocycles. The van der Waals surface area contributed by atoms with E-state index in [1.54, 1.807) is 36.4 Å². The summed E-state index contributed by atoms with van der Waals surface area (Å²) >= 11 is 0. The van der Waals surface area contributed by atoms with Gasteiger partial charge in [0.05, 0.1) is 9.79 Å². The predicted octanol–water partition coefficient (Wildman–Crippen LogP) is 13.6. The largest absolute Gasteiger partial charge is 0.483 e. The normalized spacial score (nSPS) is 12.9. The summed E-state index contributed by atoms with van der Waals surface area (Å²) in [5, 5.41) is 0. The van der Waals surface area contributed by atoms with E-state index in [1.807, 2.05) is 95.3 Å². The Balaban J connectivity index is 1.25. The van der Waals surface area contributed by atoms with Crippen LogP contribution in [-0.4, -0.2) is 19.8 Å². The Hall–Kier alpha value is -4.88. The molecule has 0 heterocycles. The monoisotopic (exact) mass is 816 g/mol. The highest BCUT2D eigenvalue weighted by atomic mass is 32.2. The van der Waals surface area contributed by atoms with Gasteiger partial charge >= 0.3 is 0 Å². The third kappa shape index (κ3) is 9.78. The fraction of sp³-hybridized carbons (Fsp3) is 0.404. The van der Waals surface area contributed by atoms with Gasteiger partial charge < -0.3 is 14.2 Å². The molecule has 0 spiro atoms. The number of ketones is 1. The Kier molecular flexibility index (Phi) is 13.3. The second-order valence-corrected chi connectivity index (χ2v) is 20.2. The molecule has 314 valence electrons. The fourth-order valence-electron chi connectivity index (χ4n) is 7.72. The van der Waals surface area contributed by atoms with Crippen molar-refractivity contribution in [1.29, 1.82) is 0 Å². The summed E-state index contributed by atoms with van der Waals surface area (Å²) in [6.45, 7) is 24.9. The quantitative estimate of drug-likeness (QED) is 0.0987. The molecule has 0 aromatic heterocycles. The molecule has 6 nitrogen and oxygen atoms in total. The number of hydrogen-bond donors (Lipinski definition) is 0. The van der Waals surface area contributed by atoms with Crippen LogP contribution in [-0.2, 0) is 31.1 Å². The van der Waals surface area contributed by atoms with Crippen LogP contribution in [0.25, 0.3) is 0 Å². The molecule has 59 heavy (non-hydrogen) atoms. The van der Waals surface area contributed by atoms with Crippen LogP contribution >= 0.6 is 0 Å². The van der Waals surface area contributed by atoms with Crippen LogP contribution < -0.4 is 14.2 Å². The van der Waals surface area contributed by atoms with Gasteiger partial charge in [0, 0.05) is 10.8 Å². The summed E-state index contributed by atoms with van der Waals surface area (Å²) in [6, 6.07) is 37.8. The number of ether oxygens (including phenoxy) is 3. The van der Waals surface area contributed by atoms with Gasteiger partial charge in [-0.15, -0.1) is 0 Å². The van der Waals surface area contributed by atoms with Crippen LogP contribution in [0.2, 0.25) is 0 Å². The molecule has 0 aliphatic rings. The van der Waals surface area contributed by atoms with E-state index in [4.69, 9.17) is 14.2 Å². The standard InChI is InChI=1S/C52H64O6S/c1-13-51(14-2,57-43-27-17-37(18-28-43)48(5,6)7)40-23-33-45(34-24-40)59(54,55)46-35-31-42(32-36-46)56-41-25-19-38(20-26-41)50(11,12)39-21-29-44(30-22-39)58-52(15-3,16-4)47(53)49(8,9)10/h17-36H,13-16H2,1-12H3. The maximum Gasteiger partial charge on any atom is 0.206 e. The van der Waals surface area contributed by atoms with Gasteiger partial charge in [-0.1, -0.05) is 132 Å². The maximum absolute atomic E-state index is 13.7. The zero-order valence-electron chi connectivity index (χ0n) is 37.2. The zero-order valence-corrected chi connectivity index (χ0v) is 38.0. The highest BCUT2D eigenvalue weighted by Gasteiger charge is 2.43. The van der Waals surface area contributed by atoms with E-state index in [-0.39, 0.29) is 26.4 Å². The molecule has 0 radical (unpaired) electrons. The Bertz CT molecular complexity index is 2270. The van der Waals surface area contributed by atoms with Gasteiger partial charge in [0.1, 0.15) is 28.6 Å². The van der Waals surface area contributed by atoms with Gasteiger partial charge in [0.2, 0.25) is 9.84 Å². The number of benzene rings is 5. The van der Waals surface area contributed by atoms with Gasteiger partial charge in [0.15, 0.2) is 11.4 Å². The van der Waals surface area contributed by atoms with E-state index in [1.165, 1.54) is 5.56 Å². The molecule has 0 N–H and O–H groups in total. The van der Waals surface area contributed by atoms with Crippen LogP contribution in [0.15, 0.2) is 131 Å². The predicted molar refractivity (Wildman–Crippen MR) is 240 cm³/mol. The molecule has 0 atom stereocenters. The number of Topliss-reactive ketones (excluding diaryl/α,β-unsaturated/α-hetero) is 1. The van der Waals surface area contributed by atoms with E-state index < -0.39 is 26.5 Å². The molecular weight excluding hydrogens is 753 g/mol. The molecule has 0 aliphatic carbocycles. The highest BCUT2D eigenvalue weighted by Crippen LogP contribution is 2.39. The lowest BCUT2D eigenvalue weighted by Crippen LogP contribution is -2.49. The van der Waals surface area contributed by atoms with Crippen LogP contribution in [0.3, 0.4) is 0 Å². The summed E-state index contributed by atoms with van der Waals surface area (Å²) in [5.74, 6) is 2.75. The van der Waals surface area contributed by atoms with Crippen LogP contribution in [0.1, 0.15) is 131 Å². The first-order chi connectivity index (χ1) is 27.6. The van der Waals surface area contributed by atoms with Crippen molar-refractivity contribution in [3.8, 4) is 23.0 Å². The van der Waals surface area contributed by atoms with Crippen molar-refractivity contribution < 1.29 is 27.4 Å². The maximum atomic E-state index is 13.7. The van der Waals surface area contributed by atoms with E-state index in [9.17, 15) is 13.2 Å². The molecule has 0 unspecified atom stereocenters. The zero-order chi connectivity index (χ0) is 43.4. The first-order valence-electron chi connectivity index (χ1n) is 21.0. The number of rotatable bonds is 16. The van der Waals surface area contributed by atoms with E-state index in [0.29, 0.717) is 30.1 Å². The third-order valence-corrected chi connectivity index (χ3v) is 13.7. The Labute approximate surface area is 354 Å². The minimum absolute atomic E-state index is 0.0481. The second kappa shape index (κ2) is 17.4. The summed E-state index contributed by atoms with van der Waals surface area (Å²) in [5.41, 5.74) is 2.15. The van der Waals surface area contributed by atoms with Crippen molar-refractivity contribution in [1.82, 2.24) is 0 Å². The minimum atomic E-state index is -3.77. The topological polar surface area (TPSA) is 78.9 Å². The van der Waals surface area contributed by atoms with Gasteiger partial charge in [-0.05, 0) is 126 Å². The first-order valence-corrected chi connectivity index (χ1v) is 22.5. The highest BCUT2D eigenvalue weighted by molar-refractivity contribution is 7.91. The van der Waals surface area contributed by atoms with Crippen LogP contribution in [0.4, 0.5) is 0 Å². The number of carbonyl (C=O) groups is 1. The molecular formula is C52H64O6S. The molecule has 0 bridgehead atoms. The summed E-state index contributed by atoms with van der Waals surface area (Å²) in [6.07, 6.45) is 2.65. The van der Waals surface area contributed by atoms with Crippen molar-refractivity contribution >= 4 is 15.6 Å². The number of hydrogen-bond acceptors (Lipinski definition) is 6. The smallest absolute Gasteiger partial charge is 0.206 e. The molecule has 0 aliphatic heterocycles. The van der Waals surface area contributed by atoms with Gasteiger partial charge in [-0.3, -0.25) is 4.79 Å². The Morgan fingerprint density at radius 1 is 0.458 bits per heavy atom. The van der Waals surface area contributed by atoms with Gasteiger partial charge in [-0.25, -0.2) is 8.42 Å². The van der Waals surface area contributed by atoms with Crippen molar-refractivity contribution in [2.75, 3.05) is 0 Å². The van der Waals surface area contributed by atoms with E-state index >= 15 is 0 Å². The molecule has 5 rings (SSSR count). The molecule has 0 saturated heterocycles. The molecule has 0 fully saturated rings. The van der Waals surface area contributed by atoms with Crippen LogP contribution in [0.5, 0.6) is 23.0 Å². The van der Waals surface area contributed by atoms with Crippen molar-refractivity contribution in [2.45, 2.75) is 141 Å².